The Morgan fingerprint density at radius 1 is 1.19 bits per heavy atom. The Morgan fingerprint density at radius 3 is 2.86 bits per heavy atom. The van der Waals surface area contributed by atoms with Gasteiger partial charge in [-0.2, -0.15) is 0 Å². The van der Waals surface area contributed by atoms with Crippen LogP contribution < -0.4 is 14.8 Å². The number of fused-ring (bicyclic) bond motifs is 1. The van der Waals surface area contributed by atoms with E-state index < -0.39 is 0 Å². The summed E-state index contributed by atoms with van der Waals surface area (Å²) < 4.78 is 17.7. The zero-order valence-electron chi connectivity index (χ0n) is 12.6. The van der Waals surface area contributed by atoms with Gasteiger partial charge in [0.1, 0.15) is 13.2 Å². The van der Waals surface area contributed by atoms with E-state index in [1.165, 1.54) is 12.0 Å². The fraction of sp³-hybridized carbons (Fsp3) is 0.625. The van der Waals surface area contributed by atoms with E-state index in [0.29, 0.717) is 13.2 Å². The molecule has 2 rings (SSSR count). The number of nitrogens with one attached hydrogen (secondary N) is 1. The van der Waals surface area contributed by atoms with Gasteiger partial charge in [-0.1, -0.05) is 13.3 Å². The van der Waals surface area contributed by atoms with Crippen LogP contribution in [0.5, 0.6) is 11.5 Å². The summed E-state index contributed by atoms with van der Waals surface area (Å²) in [6.07, 6.45) is 3.38. The second-order valence-electron chi connectivity index (χ2n) is 5.10. The Morgan fingerprint density at radius 2 is 2.00 bits per heavy atom. The average Bonchev–Trinajstić information content (AvgIpc) is 2.50. The molecule has 4 nitrogen and oxygen atoms in total. The number of hydrogen-bond acceptors (Lipinski definition) is 4. The number of benzene rings is 1. The van der Waals surface area contributed by atoms with Crippen molar-refractivity contribution in [2.45, 2.75) is 32.7 Å². The van der Waals surface area contributed by atoms with Crippen LogP contribution in [0.25, 0.3) is 0 Å². The van der Waals surface area contributed by atoms with Gasteiger partial charge in [-0.3, -0.25) is 0 Å². The highest BCUT2D eigenvalue weighted by Gasteiger charge is 2.15. The van der Waals surface area contributed by atoms with Crippen molar-refractivity contribution < 1.29 is 14.2 Å². The molecule has 0 atom stereocenters. The first-order chi connectivity index (χ1) is 10.3. The minimum absolute atomic E-state index is 0.612. The summed E-state index contributed by atoms with van der Waals surface area (Å²) in [7, 11) is 0. The Bertz CT molecular complexity index is 440. The van der Waals surface area contributed by atoms with Crippen LogP contribution in [0.4, 0.5) is 0 Å². The van der Waals surface area contributed by atoms with Crippen LogP contribution >= 0.6 is 15.9 Å². The van der Waals surface area contributed by atoms with Crippen molar-refractivity contribution in [2.75, 3.05) is 33.0 Å². The van der Waals surface area contributed by atoms with Gasteiger partial charge >= 0.3 is 0 Å². The van der Waals surface area contributed by atoms with Gasteiger partial charge in [0, 0.05) is 19.8 Å². The number of rotatable bonds is 9. The molecule has 1 heterocycles. The average molecular weight is 358 g/mol. The summed E-state index contributed by atoms with van der Waals surface area (Å²) in [5, 5.41) is 3.43. The molecule has 1 aromatic carbocycles. The van der Waals surface area contributed by atoms with E-state index in [0.717, 1.165) is 55.1 Å². The lowest BCUT2D eigenvalue weighted by Gasteiger charge is -2.20. The van der Waals surface area contributed by atoms with Crippen molar-refractivity contribution in [1.82, 2.24) is 5.32 Å². The smallest absolute Gasteiger partial charge is 0.175 e. The first kappa shape index (κ1) is 16.6. The second kappa shape index (κ2) is 9.28. The van der Waals surface area contributed by atoms with Crippen LogP contribution in [0.2, 0.25) is 0 Å². The number of ether oxygens (including phenoxy) is 3. The van der Waals surface area contributed by atoms with Crippen molar-refractivity contribution in [3.05, 3.63) is 22.2 Å². The van der Waals surface area contributed by atoms with Crippen molar-refractivity contribution in [3.8, 4) is 11.5 Å². The molecule has 0 unspecified atom stereocenters. The molecule has 0 aliphatic carbocycles. The normalized spacial score (nSPS) is 13.4. The minimum Gasteiger partial charge on any atom is -0.486 e. The summed E-state index contributed by atoms with van der Waals surface area (Å²) in [4.78, 5) is 0. The fourth-order valence-corrected chi connectivity index (χ4v) is 2.75. The van der Waals surface area contributed by atoms with E-state index >= 15 is 0 Å². The third-order valence-corrected chi connectivity index (χ3v) is 3.86. The van der Waals surface area contributed by atoms with E-state index in [2.05, 4.69) is 34.2 Å². The highest BCUT2D eigenvalue weighted by atomic mass is 79.9. The highest BCUT2D eigenvalue weighted by molar-refractivity contribution is 9.10. The maximum Gasteiger partial charge on any atom is 0.175 e. The lowest BCUT2D eigenvalue weighted by Crippen LogP contribution is -2.18. The molecular formula is C16H24BrNO3. The molecule has 0 radical (unpaired) electrons. The van der Waals surface area contributed by atoms with Crippen LogP contribution in [-0.2, 0) is 11.3 Å². The maximum atomic E-state index is 5.62. The summed E-state index contributed by atoms with van der Waals surface area (Å²) >= 11 is 3.54. The maximum absolute atomic E-state index is 5.62. The SMILES string of the molecule is CCCCOCCCNCc1cc(Br)c2c(c1)OCCO2. The number of unbranched alkanes of at least 4 members (excludes halogenated alkanes) is 1. The van der Waals surface area contributed by atoms with E-state index in [-0.39, 0.29) is 0 Å². The van der Waals surface area contributed by atoms with Crippen LogP contribution in [0.15, 0.2) is 16.6 Å². The standard InChI is InChI=1S/C16H24BrNO3/c1-2-3-6-19-7-4-5-18-12-13-10-14(17)16-15(11-13)20-8-9-21-16/h10-11,18H,2-9,12H2,1H3. The quantitative estimate of drug-likeness (QED) is 0.686. The van der Waals surface area contributed by atoms with E-state index in [9.17, 15) is 0 Å². The van der Waals surface area contributed by atoms with E-state index in [1.54, 1.807) is 0 Å². The zero-order valence-corrected chi connectivity index (χ0v) is 14.2. The fourth-order valence-electron chi connectivity index (χ4n) is 2.15. The lowest BCUT2D eigenvalue weighted by atomic mass is 10.2. The molecule has 21 heavy (non-hydrogen) atoms. The molecule has 118 valence electrons. The van der Waals surface area contributed by atoms with E-state index in [1.807, 2.05) is 6.07 Å². The molecule has 1 aromatic rings. The topological polar surface area (TPSA) is 39.7 Å². The predicted molar refractivity (Wildman–Crippen MR) is 87.2 cm³/mol. The Kier molecular flexibility index (Phi) is 7.33. The lowest BCUT2D eigenvalue weighted by molar-refractivity contribution is 0.128. The number of hydrogen-bond donors (Lipinski definition) is 1. The van der Waals surface area contributed by atoms with E-state index in [4.69, 9.17) is 14.2 Å². The minimum atomic E-state index is 0.612. The van der Waals surface area contributed by atoms with Gasteiger partial charge in [-0.25, -0.2) is 0 Å². The molecular weight excluding hydrogens is 334 g/mol. The summed E-state index contributed by atoms with van der Waals surface area (Å²) in [6.45, 7) is 6.90. The van der Waals surface area contributed by atoms with Crippen molar-refractivity contribution in [3.63, 3.8) is 0 Å². The monoisotopic (exact) mass is 357 g/mol. The van der Waals surface area contributed by atoms with Gasteiger partial charge < -0.3 is 19.5 Å². The van der Waals surface area contributed by atoms with Gasteiger partial charge in [-0.15, -0.1) is 0 Å². The highest BCUT2D eigenvalue weighted by Crippen LogP contribution is 2.38. The molecule has 0 saturated carbocycles. The van der Waals surface area contributed by atoms with Gasteiger partial charge in [0.2, 0.25) is 0 Å². The predicted octanol–water partition coefficient (Wildman–Crippen LogP) is 3.52. The van der Waals surface area contributed by atoms with Crippen LogP contribution in [0, 0.1) is 0 Å². The van der Waals surface area contributed by atoms with Crippen LogP contribution in [0.1, 0.15) is 31.7 Å². The van der Waals surface area contributed by atoms with Crippen molar-refractivity contribution in [1.29, 1.82) is 0 Å². The molecule has 5 heteroatoms. The molecule has 0 saturated heterocycles. The second-order valence-corrected chi connectivity index (χ2v) is 5.95. The third-order valence-electron chi connectivity index (χ3n) is 3.27. The Balaban J connectivity index is 1.68. The molecule has 1 N–H and O–H groups in total. The zero-order chi connectivity index (χ0) is 14.9. The van der Waals surface area contributed by atoms with Crippen LogP contribution in [0.3, 0.4) is 0 Å². The first-order valence-corrected chi connectivity index (χ1v) is 8.47. The van der Waals surface area contributed by atoms with Gasteiger partial charge in [0.15, 0.2) is 11.5 Å². The molecule has 0 fully saturated rings. The molecule has 1 aliphatic rings. The summed E-state index contributed by atoms with van der Waals surface area (Å²) in [6, 6.07) is 4.13. The number of halogens is 1. The molecule has 0 spiro atoms. The van der Waals surface area contributed by atoms with Crippen molar-refractivity contribution >= 4 is 15.9 Å². The van der Waals surface area contributed by atoms with Crippen molar-refractivity contribution in [2.24, 2.45) is 0 Å². The Labute approximate surface area is 135 Å². The van der Waals surface area contributed by atoms with Gasteiger partial charge in [0.25, 0.3) is 0 Å². The largest absolute Gasteiger partial charge is 0.486 e. The van der Waals surface area contributed by atoms with Gasteiger partial charge in [0.05, 0.1) is 4.47 Å². The Hall–Kier alpha value is -0.780. The van der Waals surface area contributed by atoms with Crippen LogP contribution in [-0.4, -0.2) is 33.0 Å². The third kappa shape index (κ3) is 5.49. The first-order valence-electron chi connectivity index (χ1n) is 7.67. The summed E-state index contributed by atoms with van der Waals surface area (Å²) in [5.74, 6) is 1.64. The molecule has 0 bridgehead atoms. The molecule has 0 amide bonds. The molecule has 0 aromatic heterocycles. The molecule has 1 aliphatic heterocycles. The van der Waals surface area contributed by atoms with Gasteiger partial charge in [-0.05, 0) is 53.0 Å². The summed E-state index contributed by atoms with van der Waals surface area (Å²) in [5.41, 5.74) is 1.19.